The number of aryl methyl sites for hydroxylation is 1. The molecule has 1 aliphatic carbocycles. The molecule has 0 bridgehead atoms. The predicted molar refractivity (Wildman–Crippen MR) is 122 cm³/mol. The molecular weight excluding hydrogens is 418 g/mol. The third kappa shape index (κ3) is 2.88. The third-order valence-electron chi connectivity index (χ3n) is 7.08. The van der Waals surface area contributed by atoms with Crippen molar-refractivity contribution in [3.63, 3.8) is 0 Å². The van der Waals surface area contributed by atoms with Crippen molar-refractivity contribution in [3.8, 4) is 0 Å². The van der Waals surface area contributed by atoms with Gasteiger partial charge in [0.05, 0.1) is 6.33 Å². The third-order valence-corrected chi connectivity index (χ3v) is 7.08. The fraction of sp³-hybridized carbons (Fsp3) is 0.292. The van der Waals surface area contributed by atoms with Gasteiger partial charge < -0.3 is 14.0 Å². The zero-order valence-electron chi connectivity index (χ0n) is 18.0. The van der Waals surface area contributed by atoms with E-state index >= 15 is 0 Å². The maximum absolute atomic E-state index is 12.7. The van der Waals surface area contributed by atoms with Crippen LogP contribution in [0.15, 0.2) is 64.4 Å². The quantitative estimate of drug-likeness (QED) is 0.425. The molecule has 1 saturated carbocycles. The average molecular weight is 439 g/mol. The molecule has 7 rings (SSSR count). The summed E-state index contributed by atoms with van der Waals surface area (Å²) in [7, 11) is 1.78. The van der Waals surface area contributed by atoms with Gasteiger partial charge in [0.2, 0.25) is 5.89 Å². The molecule has 9 nitrogen and oxygen atoms in total. The number of imidazole rings is 1. The molecule has 0 amide bonds. The van der Waals surface area contributed by atoms with E-state index in [1.54, 1.807) is 17.9 Å². The lowest BCUT2D eigenvalue weighted by Gasteiger charge is -2.22. The number of anilines is 1. The van der Waals surface area contributed by atoms with Crippen LogP contribution in [0.3, 0.4) is 0 Å². The number of piperidine rings is 1. The summed E-state index contributed by atoms with van der Waals surface area (Å²) in [6.45, 7) is 2.20. The van der Waals surface area contributed by atoms with Crippen LogP contribution in [0.25, 0.3) is 21.9 Å². The second kappa shape index (κ2) is 6.74. The zero-order chi connectivity index (χ0) is 22.1. The van der Waals surface area contributed by atoms with Crippen molar-refractivity contribution in [3.05, 3.63) is 77.2 Å². The average Bonchev–Trinajstić information content (AvgIpc) is 3.24. The molecule has 9 heteroatoms. The number of hydrogen-bond acceptors (Lipinski definition) is 7. The van der Waals surface area contributed by atoms with E-state index in [-0.39, 0.29) is 12.1 Å². The molecule has 2 aromatic carbocycles. The van der Waals surface area contributed by atoms with Gasteiger partial charge in [-0.3, -0.25) is 9.36 Å². The minimum atomic E-state index is -0.172. The Labute approximate surface area is 188 Å². The number of fused-ring (bicyclic) bond motifs is 3. The SMILES string of the molecule is Cn1cnc2ncn(Cc3nc(C4C5CN(c6ccc7ccccc7c6)C[C@@H]54)no3)c(=O)c21. The first-order valence-electron chi connectivity index (χ1n) is 11.1. The monoisotopic (exact) mass is 439 g/mol. The van der Waals surface area contributed by atoms with E-state index in [1.807, 2.05) is 0 Å². The van der Waals surface area contributed by atoms with Crippen molar-refractivity contribution in [2.75, 3.05) is 18.0 Å². The Balaban J connectivity index is 1.06. The van der Waals surface area contributed by atoms with Crippen LogP contribution in [-0.4, -0.2) is 42.3 Å². The van der Waals surface area contributed by atoms with E-state index in [2.05, 4.69) is 67.5 Å². The molecule has 0 N–H and O–H groups in total. The van der Waals surface area contributed by atoms with Crippen LogP contribution in [0, 0.1) is 11.8 Å². The lowest BCUT2D eigenvalue weighted by molar-refractivity contribution is 0.363. The molecule has 2 aliphatic rings. The van der Waals surface area contributed by atoms with Gasteiger partial charge in [-0.25, -0.2) is 9.97 Å². The van der Waals surface area contributed by atoms with E-state index < -0.39 is 0 Å². The first-order chi connectivity index (χ1) is 16.2. The largest absolute Gasteiger partial charge is 0.371 e. The zero-order valence-corrected chi connectivity index (χ0v) is 18.0. The normalized spacial score (nSPS) is 21.7. The van der Waals surface area contributed by atoms with Gasteiger partial charge in [-0.2, -0.15) is 4.98 Å². The molecule has 1 aliphatic heterocycles. The molecule has 2 unspecified atom stereocenters. The van der Waals surface area contributed by atoms with Gasteiger partial charge in [0, 0.05) is 31.7 Å². The molecule has 2 fully saturated rings. The van der Waals surface area contributed by atoms with Gasteiger partial charge in [-0.15, -0.1) is 0 Å². The fourth-order valence-corrected chi connectivity index (χ4v) is 5.29. The molecule has 3 aromatic heterocycles. The highest BCUT2D eigenvalue weighted by Gasteiger charge is 2.58. The highest BCUT2D eigenvalue weighted by atomic mass is 16.5. The Hall–Kier alpha value is -4.01. The molecule has 3 atom stereocenters. The summed E-state index contributed by atoms with van der Waals surface area (Å²) >= 11 is 0. The predicted octanol–water partition coefficient (Wildman–Crippen LogP) is 2.56. The molecule has 0 radical (unpaired) electrons. The Morgan fingerprint density at radius 3 is 2.67 bits per heavy atom. The maximum Gasteiger partial charge on any atom is 0.280 e. The summed E-state index contributed by atoms with van der Waals surface area (Å²) in [4.78, 5) is 28.2. The van der Waals surface area contributed by atoms with Crippen LogP contribution in [0.1, 0.15) is 17.6 Å². The fourth-order valence-electron chi connectivity index (χ4n) is 5.29. The Morgan fingerprint density at radius 2 is 1.82 bits per heavy atom. The molecule has 1 saturated heterocycles. The summed E-state index contributed by atoms with van der Waals surface area (Å²) in [5, 5.41) is 6.77. The minimum absolute atomic E-state index is 0.172. The van der Waals surface area contributed by atoms with E-state index in [9.17, 15) is 4.79 Å². The molecular formula is C24H21N7O2. The summed E-state index contributed by atoms with van der Waals surface area (Å²) in [5.41, 5.74) is 1.99. The lowest BCUT2D eigenvalue weighted by Crippen LogP contribution is -2.23. The smallest absolute Gasteiger partial charge is 0.280 e. The first kappa shape index (κ1) is 18.6. The van der Waals surface area contributed by atoms with Crippen LogP contribution < -0.4 is 10.5 Å². The van der Waals surface area contributed by atoms with E-state index in [4.69, 9.17) is 4.52 Å². The summed E-state index contributed by atoms with van der Waals surface area (Å²) < 4.78 is 8.65. The van der Waals surface area contributed by atoms with E-state index in [1.165, 1.54) is 27.4 Å². The number of benzene rings is 2. The molecule has 5 aromatic rings. The Kier molecular flexibility index (Phi) is 3.79. The van der Waals surface area contributed by atoms with Crippen LogP contribution >= 0.6 is 0 Å². The molecule has 33 heavy (non-hydrogen) atoms. The second-order valence-electron chi connectivity index (χ2n) is 9.04. The van der Waals surface area contributed by atoms with E-state index in [0.717, 1.165) is 18.9 Å². The number of rotatable bonds is 4. The lowest BCUT2D eigenvalue weighted by atomic mass is 10.1. The van der Waals surface area contributed by atoms with Crippen LogP contribution in [0.2, 0.25) is 0 Å². The van der Waals surface area contributed by atoms with Crippen molar-refractivity contribution in [2.45, 2.75) is 12.5 Å². The summed E-state index contributed by atoms with van der Waals surface area (Å²) in [6, 6.07) is 15.1. The van der Waals surface area contributed by atoms with Gasteiger partial charge in [0.1, 0.15) is 12.9 Å². The van der Waals surface area contributed by atoms with Gasteiger partial charge in [0.15, 0.2) is 17.0 Å². The second-order valence-corrected chi connectivity index (χ2v) is 9.04. The Bertz CT molecular complexity index is 1570. The molecule has 164 valence electrons. The standard InChI is InChI=1S/C24H21N7O2/c1-29-12-25-23-21(29)24(32)31(13-26-23)11-19-27-22(28-33-19)20-17-9-30(10-18(17)20)16-7-6-14-4-2-3-5-15(14)8-16/h2-8,12-13,17-18,20H,9-11H2,1H3/t17-,18?,20?/m0/s1. The highest BCUT2D eigenvalue weighted by Crippen LogP contribution is 2.58. The van der Waals surface area contributed by atoms with Crippen molar-refractivity contribution in [1.29, 1.82) is 0 Å². The van der Waals surface area contributed by atoms with Crippen LogP contribution in [0.4, 0.5) is 5.69 Å². The van der Waals surface area contributed by atoms with Crippen LogP contribution in [-0.2, 0) is 13.6 Å². The van der Waals surface area contributed by atoms with Gasteiger partial charge in [-0.05, 0) is 34.7 Å². The van der Waals surface area contributed by atoms with Crippen molar-refractivity contribution in [1.82, 2.24) is 29.2 Å². The van der Waals surface area contributed by atoms with Crippen molar-refractivity contribution < 1.29 is 4.52 Å². The van der Waals surface area contributed by atoms with Gasteiger partial charge in [0.25, 0.3) is 5.56 Å². The molecule has 4 heterocycles. The molecule has 0 spiro atoms. The highest BCUT2D eigenvalue weighted by molar-refractivity contribution is 5.86. The number of aromatic nitrogens is 6. The minimum Gasteiger partial charge on any atom is -0.371 e. The van der Waals surface area contributed by atoms with Gasteiger partial charge in [-0.1, -0.05) is 35.5 Å². The maximum atomic E-state index is 12.7. The van der Waals surface area contributed by atoms with Crippen molar-refractivity contribution in [2.24, 2.45) is 18.9 Å². The summed E-state index contributed by atoms with van der Waals surface area (Å²) in [6.07, 6.45) is 3.07. The number of nitrogens with zero attached hydrogens (tertiary/aromatic N) is 7. The van der Waals surface area contributed by atoms with Crippen molar-refractivity contribution >= 4 is 27.6 Å². The van der Waals surface area contributed by atoms with E-state index in [0.29, 0.717) is 34.8 Å². The summed E-state index contributed by atoms with van der Waals surface area (Å²) in [5.74, 6) is 2.58. The van der Waals surface area contributed by atoms with Gasteiger partial charge >= 0.3 is 0 Å². The van der Waals surface area contributed by atoms with Crippen LogP contribution in [0.5, 0.6) is 0 Å². The number of hydrogen-bond donors (Lipinski definition) is 0. The first-order valence-corrected chi connectivity index (χ1v) is 11.1. The topological polar surface area (TPSA) is 94.9 Å². The Morgan fingerprint density at radius 1 is 1.03 bits per heavy atom.